The molecule has 0 saturated carbocycles. The maximum Gasteiger partial charge on any atom is 0.357 e. The topological polar surface area (TPSA) is 38.8 Å². The summed E-state index contributed by atoms with van der Waals surface area (Å²) in [5.41, 5.74) is 1.18. The van der Waals surface area contributed by atoms with Crippen LogP contribution < -0.4 is 0 Å². The summed E-state index contributed by atoms with van der Waals surface area (Å²) < 4.78 is 10.0. The molecule has 0 aromatic heterocycles. The van der Waals surface area contributed by atoms with Gasteiger partial charge < -0.3 is 9.47 Å². The summed E-state index contributed by atoms with van der Waals surface area (Å²) in [4.78, 5) is 11.5. The van der Waals surface area contributed by atoms with Gasteiger partial charge in [-0.3, -0.25) is 0 Å². The maximum absolute atomic E-state index is 11.5. The van der Waals surface area contributed by atoms with E-state index in [9.17, 15) is 4.79 Å². The normalized spacial score (nSPS) is 32.2. The van der Waals surface area contributed by atoms with Crippen LogP contribution >= 0.6 is 11.6 Å². The second-order valence-electron chi connectivity index (χ2n) is 4.09. The molecular formula is C12H13ClO3. The Balaban J connectivity index is 2.34. The second kappa shape index (κ2) is 3.47. The van der Waals surface area contributed by atoms with E-state index < -0.39 is 16.6 Å². The zero-order chi connectivity index (χ0) is 12.0. The molecule has 1 fully saturated rings. The van der Waals surface area contributed by atoms with Crippen LogP contribution in [0.4, 0.5) is 0 Å². The highest BCUT2D eigenvalue weighted by atomic mass is 35.5. The monoisotopic (exact) mass is 240 g/mol. The molecule has 0 spiro atoms. The minimum absolute atomic E-state index is 0.557. The van der Waals surface area contributed by atoms with E-state index in [4.69, 9.17) is 16.3 Å². The molecule has 4 heteroatoms. The fourth-order valence-electron chi connectivity index (χ4n) is 1.81. The van der Waals surface area contributed by atoms with E-state index in [1.54, 1.807) is 6.92 Å². The Kier molecular flexibility index (Phi) is 2.48. The highest BCUT2D eigenvalue weighted by Gasteiger charge is 2.73. The number of esters is 1. The Hall–Kier alpha value is -1.06. The maximum atomic E-state index is 11.5. The van der Waals surface area contributed by atoms with Crippen LogP contribution in [0.15, 0.2) is 24.3 Å². The lowest BCUT2D eigenvalue weighted by atomic mass is 9.95. The zero-order valence-corrected chi connectivity index (χ0v) is 10.2. The lowest BCUT2D eigenvalue weighted by Crippen LogP contribution is -2.26. The molecule has 1 aromatic rings. The number of carbonyl (C=O) groups is 1. The number of rotatable bonds is 2. The van der Waals surface area contributed by atoms with Crippen molar-refractivity contribution in [3.63, 3.8) is 0 Å². The van der Waals surface area contributed by atoms with Crippen molar-refractivity contribution < 1.29 is 14.3 Å². The smallest absolute Gasteiger partial charge is 0.357 e. The molecule has 3 nitrogen and oxygen atoms in total. The van der Waals surface area contributed by atoms with Gasteiger partial charge in [-0.15, -0.1) is 0 Å². The van der Waals surface area contributed by atoms with Gasteiger partial charge in [-0.05, 0) is 19.4 Å². The van der Waals surface area contributed by atoms with Crippen molar-refractivity contribution >= 4 is 17.6 Å². The van der Waals surface area contributed by atoms with Gasteiger partial charge >= 0.3 is 5.97 Å². The molecule has 1 saturated heterocycles. The first kappa shape index (κ1) is 11.4. The Morgan fingerprint density at radius 2 is 2.19 bits per heavy atom. The molecule has 0 bridgehead atoms. The van der Waals surface area contributed by atoms with Gasteiger partial charge in [-0.2, -0.15) is 0 Å². The summed E-state index contributed by atoms with van der Waals surface area (Å²) in [6, 6.07) is 7.72. The molecule has 1 aliphatic rings. The number of hydrogen-bond donors (Lipinski definition) is 0. The van der Waals surface area contributed by atoms with E-state index in [0.29, 0.717) is 0 Å². The van der Waals surface area contributed by atoms with E-state index in [-0.39, 0.29) is 0 Å². The number of epoxide rings is 1. The molecule has 0 N–H and O–H groups in total. The van der Waals surface area contributed by atoms with Crippen molar-refractivity contribution in [2.75, 3.05) is 7.11 Å². The van der Waals surface area contributed by atoms with Crippen LogP contribution in [0.25, 0.3) is 0 Å². The van der Waals surface area contributed by atoms with Crippen molar-refractivity contribution in [3.8, 4) is 0 Å². The third-order valence-electron chi connectivity index (χ3n) is 2.93. The van der Waals surface area contributed by atoms with Crippen molar-refractivity contribution in [3.05, 3.63) is 35.4 Å². The first-order valence-electron chi connectivity index (χ1n) is 4.99. The van der Waals surface area contributed by atoms with Crippen LogP contribution in [-0.2, 0) is 19.9 Å². The highest BCUT2D eigenvalue weighted by molar-refractivity contribution is 6.35. The average molecular weight is 241 g/mol. The summed E-state index contributed by atoms with van der Waals surface area (Å²) in [6.07, 6.45) is 0. The number of benzene rings is 1. The minimum atomic E-state index is -1.38. The lowest BCUT2D eigenvalue weighted by Gasteiger charge is -2.10. The van der Waals surface area contributed by atoms with Gasteiger partial charge in [-0.25, -0.2) is 4.79 Å². The summed E-state index contributed by atoms with van der Waals surface area (Å²) in [7, 11) is 1.30. The van der Waals surface area contributed by atoms with Crippen LogP contribution in [-0.4, -0.2) is 18.1 Å². The summed E-state index contributed by atoms with van der Waals surface area (Å²) in [5, 5.41) is -1.38. The Morgan fingerprint density at radius 3 is 2.75 bits per heavy atom. The highest BCUT2D eigenvalue weighted by Crippen LogP contribution is 2.58. The summed E-state index contributed by atoms with van der Waals surface area (Å²) >= 11 is 6.09. The summed E-state index contributed by atoms with van der Waals surface area (Å²) in [6.45, 7) is 3.76. The van der Waals surface area contributed by atoms with Gasteiger partial charge in [0.05, 0.1) is 7.11 Å². The summed E-state index contributed by atoms with van der Waals surface area (Å²) in [5.74, 6) is -0.557. The molecule has 0 aliphatic carbocycles. The number of ether oxygens (including phenoxy) is 2. The number of halogens is 1. The number of methoxy groups -OCH3 is 1. The molecule has 1 aromatic carbocycles. The first-order valence-corrected chi connectivity index (χ1v) is 5.36. The Morgan fingerprint density at radius 1 is 1.50 bits per heavy atom. The molecule has 1 aliphatic heterocycles. The van der Waals surface area contributed by atoms with Crippen molar-refractivity contribution in [2.24, 2.45) is 0 Å². The average Bonchev–Trinajstić information content (AvgIpc) is 2.84. The van der Waals surface area contributed by atoms with Crippen LogP contribution in [0.1, 0.15) is 18.1 Å². The molecule has 1 heterocycles. The van der Waals surface area contributed by atoms with Gasteiger partial charge in [-0.1, -0.05) is 41.4 Å². The predicted octanol–water partition coefficient (Wildman–Crippen LogP) is 2.35. The van der Waals surface area contributed by atoms with Crippen molar-refractivity contribution in [2.45, 2.75) is 24.5 Å². The fraction of sp³-hybridized carbons (Fsp3) is 0.417. The number of alkyl halides is 1. The molecule has 86 valence electrons. The SMILES string of the molecule is COC(=O)C1(Cl)OC1(C)c1cccc(C)c1. The van der Waals surface area contributed by atoms with Gasteiger partial charge in [0.25, 0.3) is 5.06 Å². The number of aryl methyl sites for hydroxylation is 1. The minimum Gasteiger partial charge on any atom is -0.466 e. The van der Waals surface area contributed by atoms with Gasteiger partial charge in [0, 0.05) is 0 Å². The van der Waals surface area contributed by atoms with Crippen molar-refractivity contribution in [1.29, 1.82) is 0 Å². The predicted molar refractivity (Wildman–Crippen MR) is 60.2 cm³/mol. The van der Waals surface area contributed by atoms with E-state index in [1.807, 2.05) is 31.2 Å². The molecule has 2 atom stereocenters. The molecule has 2 rings (SSSR count). The zero-order valence-electron chi connectivity index (χ0n) is 9.41. The molecular weight excluding hydrogens is 228 g/mol. The van der Waals surface area contributed by atoms with E-state index in [0.717, 1.165) is 11.1 Å². The molecule has 0 amide bonds. The van der Waals surface area contributed by atoms with E-state index in [1.165, 1.54) is 7.11 Å². The fourth-order valence-corrected chi connectivity index (χ4v) is 2.15. The first-order chi connectivity index (χ1) is 7.44. The largest absolute Gasteiger partial charge is 0.466 e. The second-order valence-corrected chi connectivity index (χ2v) is 4.62. The standard InChI is InChI=1S/C12H13ClO3/c1-8-5-4-6-9(7-8)11(2)12(13,16-11)10(14)15-3/h4-7H,1-3H3. The van der Waals surface area contributed by atoms with Crippen LogP contribution in [0.2, 0.25) is 0 Å². The van der Waals surface area contributed by atoms with Gasteiger partial charge in [0.2, 0.25) is 0 Å². The van der Waals surface area contributed by atoms with Gasteiger partial charge in [0.15, 0.2) is 0 Å². The molecule has 0 radical (unpaired) electrons. The van der Waals surface area contributed by atoms with Crippen molar-refractivity contribution in [1.82, 2.24) is 0 Å². The number of hydrogen-bond acceptors (Lipinski definition) is 3. The van der Waals surface area contributed by atoms with Crippen LogP contribution in [0.5, 0.6) is 0 Å². The third-order valence-corrected chi connectivity index (χ3v) is 3.53. The van der Waals surface area contributed by atoms with E-state index >= 15 is 0 Å². The molecule has 2 unspecified atom stereocenters. The van der Waals surface area contributed by atoms with E-state index in [2.05, 4.69) is 4.74 Å². The van der Waals surface area contributed by atoms with Crippen LogP contribution in [0, 0.1) is 6.92 Å². The lowest BCUT2D eigenvalue weighted by molar-refractivity contribution is -0.143. The number of carbonyl (C=O) groups excluding carboxylic acids is 1. The Bertz CT molecular complexity index is 446. The van der Waals surface area contributed by atoms with Gasteiger partial charge in [0.1, 0.15) is 5.60 Å². The Labute approximate surface area is 99.3 Å². The third kappa shape index (κ3) is 1.43. The quantitative estimate of drug-likeness (QED) is 0.453. The van der Waals surface area contributed by atoms with Crippen LogP contribution in [0.3, 0.4) is 0 Å². The molecule has 16 heavy (non-hydrogen) atoms.